The lowest BCUT2D eigenvalue weighted by atomic mass is 9.93. The summed E-state index contributed by atoms with van der Waals surface area (Å²) in [5.74, 6) is -1.80. The maximum atomic E-state index is 12.9. The van der Waals surface area contributed by atoms with Crippen LogP contribution in [-0.2, 0) is 34.1 Å². The third-order valence-electron chi connectivity index (χ3n) is 5.45. The summed E-state index contributed by atoms with van der Waals surface area (Å²) in [6, 6.07) is 4.21. The predicted molar refractivity (Wildman–Crippen MR) is 127 cm³/mol. The van der Waals surface area contributed by atoms with Gasteiger partial charge in [-0.2, -0.15) is 0 Å². The predicted octanol–water partition coefficient (Wildman–Crippen LogP) is 4.01. The van der Waals surface area contributed by atoms with E-state index in [2.05, 4.69) is 0 Å². The Morgan fingerprint density at radius 2 is 1.29 bits per heavy atom. The molecule has 0 fully saturated rings. The molecule has 35 heavy (non-hydrogen) atoms. The zero-order valence-electron chi connectivity index (χ0n) is 21.7. The lowest BCUT2D eigenvalue weighted by Gasteiger charge is -2.28. The van der Waals surface area contributed by atoms with Crippen LogP contribution >= 0.6 is 0 Å². The molecule has 0 spiro atoms. The van der Waals surface area contributed by atoms with Crippen molar-refractivity contribution in [3.8, 4) is 11.5 Å². The quantitative estimate of drug-likeness (QED) is 0.353. The SMILES string of the molecule is CCC(=O)Oc1ccc([C@](C)(N)C(=O)O[C@@H](C)[C@H](C)OC(=O)OC(C)C(C)C)cc1OC(=O)CC. The summed E-state index contributed by atoms with van der Waals surface area (Å²) in [6.45, 7) is 13.3. The number of hydrogen-bond acceptors (Lipinski definition) is 10. The first-order valence-electron chi connectivity index (χ1n) is 11.7. The van der Waals surface area contributed by atoms with Gasteiger partial charge in [-0.15, -0.1) is 0 Å². The van der Waals surface area contributed by atoms with Crippen LogP contribution in [-0.4, -0.2) is 42.4 Å². The first kappa shape index (κ1) is 29.9. The molecule has 1 aromatic carbocycles. The van der Waals surface area contributed by atoms with Crippen LogP contribution < -0.4 is 15.2 Å². The van der Waals surface area contributed by atoms with Gasteiger partial charge in [-0.05, 0) is 51.3 Å². The van der Waals surface area contributed by atoms with E-state index in [0.717, 1.165) is 0 Å². The zero-order chi connectivity index (χ0) is 26.9. The topological polar surface area (TPSA) is 140 Å². The van der Waals surface area contributed by atoms with Crippen LogP contribution in [0.15, 0.2) is 18.2 Å². The fraction of sp³-hybridized carbons (Fsp3) is 0.600. The maximum absolute atomic E-state index is 12.9. The molecular formula is C25H37NO9. The molecule has 1 aromatic rings. The number of hydrogen-bond donors (Lipinski definition) is 1. The van der Waals surface area contributed by atoms with Gasteiger partial charge in [-0.3, -0.25) is 9.59 Å². The van der Waals surface area contributed by atoms with Gasteiger partial charge in [0.05, 0.1) is 0 Å². The van der Waals surface area contributed by atoms with Gasteiger partial charge in [-0.25, -0.2) is 9.59 Å². The van der Waals surface area contributed by atoms with Crippen LogP contribution in [0.2, 0.25) is 0 Å². The zero-order valence-corrected chi connectivity index (χ0v) is 21.7. The van der Waals surface area contributed by atoms with Crippen LogP contribution in [0.5, 0.6) is 11.5 Å². The summed E-state index contributed by atoms with van der Waals surface area (Å²) in [4.78, 5) is 48.5. The molecule has 0 aromatic heterocycles. The van der Waals surface area contributed by atoms with E-state index in [4.69, 9.17) is 29.4 Å². The lowest BCUT2D eigenvalue weighted by Crippen LogP contribution is -2.46. The van der Waals surface area contributed by atoms with Crippen molar-refractivity contribution in [1.82, 2.24) is 0 Å². The molecule has 4 atom stereocenters. The van der Waals surface area contributed by atoms with E-state index >= 15 is 0 Å². The van der Waals surface area contributed by atoms with Crippen LogP contribution in [0.1, 0.15) is 73.8 Å². The number of carbonyl (C=O) groups excluding carboxylic acids is 4. The summed E-state index contributed by atoms with van der Waals surface area (Å²) in [5.41, 5.74) is 4.87. The number of carbonyl (C=O) groups is 4. The van der Waals surface area contributed by atoms with Gasteiger partial charge in [-0.1, -0.05) is 33.8 Å². The summed E-state index contributed by atoms with van der Waals surface area (Å²) in [7, 11) is 0. The molecule has 0 saturated carbocycles. The van der Waals surface area contributed by atoms with Gasteiger partial charge in [0.2, 0.25) is 0 Å². The average molecular weight is 496 g/mol. The van der Waals surface area contributed by atoms with Crippen molar-refractivity contribution in [3.05, 3.63) is 23.8 Å². The summed E-state index contributed by atoms with van der Waals surface area (Å²) >= 11 is 0. The number of esters is 3. The van der Waals surface area contributed by atoms with Gasteiger partial charge in [0, 0.05) is 12.8 Å². The van der Waals surface area contributed by atoms with Gasteiger partial charge in [0.1, 0.15) is 23.9 Å². The monoisotopic (exact) mass is 495 g/mol. The first-order valence-corrected chi connectivity index (χ1v) is 11.7. The van der Waals surface area contributed by atoms with E-state index in [-0.39, 0.29) is 41.9 Å². The molecule has 0 aliphatic carbocycles. The Morgan fingerprint density at radius 3 is 1.80 bits per heavy atom. The number of rotatable bonds is 11. The van der Waals surface area contributed by atoms with Crippen LogP contribution in [0, 0.1) is 5.92 Å². The molecule has 0 heterocycles. The Hall–Kier alpha value is -3.14. The molecule has 1 unspecified atom stereocenters. The second-order valence-electron chi connectivity index (χ2n) is 8.77. The normalized spacial score (nSPS) is 15.3. The minimum atomic E-state index is -1.67. The Labute approximate surface area is 206 Å². The molecule has 0 radical (unpaired) electrons. The Bertz CT molecular complexity index is 910. The Morgan fingerprint density at radius 1 is 0.800 bits per heavy atom. The molecule has 2 N–H and O–H groups in total. The van der Waals surface area contributed by atoms with E-state index in [1.165, 1.54) is 25.1 Å². The molecule has 10 nitrogen and oxygen atoms in total. The van der Waals surface area contributed by atoms with Crippen molar-refractivity contribution in [2.24, 2.45) is 11.7 Å². The molecular weight excluding hydrogens is 458 g/mol. The number of ether oxygens (including phenoxy) is 5. The molecule has 0 saturated heterocycles. The molecule has 1 rings (SSSR count). The molecule has 0 bridgehead atoms. The van der Waals surface area contributed by atoms with Crippen molar-refractivity contribution in [2.75, 3.05) is 0 Å². The second kappa shape index (κ2) is 13.1. The standard InChI is InChI=1S/C25H37NO9/c1-9-21(27)34-19-12-11-18(13-20(19)35-22(28)10-2)25(8,26)23(29)31-16(6)17(7)33-24(30)32-15(5)14(3)4/h11-17H,9-10,26H2,1-8H3/t15?,16-,17-,25-/m0/s1. The molecule has 0 amide bonds. The van der Waals surface area contributed by atoms with E-state index in [1.54, 1.807) is 34.6 Å². The summed E-state index contributed by atoms with van der Waals surface area (Å²) < 4.78 is 26.3. The maximum Gasteiger partial charge on any atom is 0.508 e. The van der Waals surface area contributed by atoms with Gasteiger partial charge in [0.15, 0.2) is 11.5 Å². The summed E-state index contributed by atoms with van der Waals surface area (Å²) in [6.07, 6.45) is -2.65. The van der Waals surface area contributed by atoms with E-state index in [9.17, 15) is 19.2 Å². The summed E-state index contributed by atoms with van der Waals surface area (Å²) in [5, 5.41) is 0. The van der Waals surface area contributed by atoms with Crippen LogP contribution in [0.4, 0.5) is 4.79 Å². The lowest BCUT2D eigenvalue weighted by molar-refractivity contribution is -0.160. The highest BCUT2D eigenvalue weighted by Gasteiger charge is 2.36. The van der Waals surface area contributed by atoms with E-state index in [0.29, 0.717) is 0 Å². The van der Waals surface area contributed by atoms with Crippen LogP contribution in [0.25, 0.3) is 0 Å². The minimum Gasteiger partial charge on any atom is -0.457 e. The fourth-order valence-corrected chi connectivity index (χ4v) is 2.45. The second-order valence-corrected chi connectivity index (χ2v) is 8.77. The third-order valence-corrected chi connectivity index (χ3v) is 5.45. The van der Waals surface area contributed by atoms with Crippen LogP contribution in [0.3, 0.4) is 0 Å². The minimum absolute atomic E-state index is 0.0242. The highest BCUT2D eigenvalue weighted by Crippen LogP contribution is 2.33. The third kappa shape index (κ3) is 8.86. The van der Waals surface area contributed by atoms with Gasteiger partial charge < -0.3 is 29.4 Å². The average Bonchev–Trinajstić information content (AvgIpc) is 2.79. The van der Waals surface area contributed by atoms with Gasteiger partial charge in [0.25, 0.3) is 0 Å². The fourth-order valence-electron chi connectivity index (χ4n) is 2.45. The molecule has 0 aliphatic rings. The van der Waals surface area contributed by atoms with Gasteiger partial charge >= 0.3 is 24.1 Å². The van der Waals surface area contributed by atoms with Crippen molar-refractivity contribution < 1.29 is 42.9 Å². The molecule has 0 aliphatic heterocycles. The Kier molecular flexibility index (Phi) is 11.2. The van der Waals surface area contributed by atoms with Crippen molar-refractivity contribution in [2.45, 2.75) is 92.1 Å². The van der Waals surface area contributed by atoms with E-state index in [1.807, 2.05) is 13.8 Å². The van der Waals surface area contributed by atoms with Crippen molar-refractivity contribution in [1.29, 1.82) is 0 Å². The number of benzene rings is 1. The number of nitrogens with two attached hydrogens (primary N) is 1. The van der Waals surface area contributed by atoms with Crippen molar-refractivity contribution >= 4 is 24.1 Å². The Balaban J connectivity index is 3.00. The smallest absolute Gasteiger partial charge is 0.457 e. The molecule has 10 heteroatoms. The first-order chi connectivity index (χ1) is 16.2. The van der Waals surface area contributed by atoms with Crippen molar-refractivity contribution in [3.63, 3.8) is 0 Å². The largest absolute Gasteiger partial charge is 0.508 e. The highest BCUT2D eigenvalue weighted by atomic mass is 16.7. The highest BCUT2D eigenvalue weighted by molar-refractivity contribution is 5.83. The van der Waals surface area contributed by atoms with E-state index < -0.39 is 41.8 Å². The molecule has 196 valence electrons.